The molecule has 0 aromatic heterocycles. The van der Waals surface area contributed by atoms with Crippen molar-refractivity contribution in [2.24, 2.45) is 4.99 Å². The predicted octanol–water partition coefficient (Wildman–Crippen LogP) is 2.37. The highest BCUT2D eigenvalue weighted by atomic mass is 16.5. The molecule has 0 spiro atoms. The summed E-state index contributed by atoms with van der Waals surface area (Å²) in [6.07, 6.45) is 0. The summed E-state index contributed by atoms with van der Waals surface area (Å²) in [7, 11) is 1.20. The number of fused-ring (bicyclic) bond motifs is 4. The van der Waals surface area contributed by atoms with Crippen LogP contribution in [0.15, 0.2) is 41.4 Å². The van der Waals surface area contributed by atoms with Gasteiger partial charge in [-0.1, -0.05) is 23.3 Å². The van der Waals surface area contributed by atoms with E-state index < -0.39 is 11.7 Å². The summed E-state index contributed by atoms with van der Waals surface area (Å²) in [5.74, 6) is -1.18. The van der Waals surface area contributed by atoms with Crippen LogP contribution < -0.4 is 4.90 Å². The number of aryl methyl sites for hydroxylation is 2. The van der Waals surface area contributed by atoms with Crippen LogP contribution in [0.1, 0.15) is 27.0 Å². The highest BCUT2D eigenvalue weighted by molar-refractivity contribution is 6.55. The number of aliphatic hydroxyl groups is 1. The number of methoxy groups -OCH3 is 1. The number of carbonyl (C=O) groups is 2. The van der Waals surface area contributed by atoms with Gasteiger partial charge < -0.3 is 9.84 Å². The number of benzene rings is 2. The van der Waals surface area contributed by atoms with Crippen molar-refractivity contribution in [1.29, 1.82) is 0 Å². The Kier molecular flexibility index (Phi) is 3.11. The van der Waals surface area contributed by atoms with Crippen LogP contribution in [-0.2, 0) is 15.3 Å². The zero-order valence-electron chi connectivity index (χ0n) is 14.0. The van der Waals surface area contributed by atoms with Crippen molar-refractivity contribution in [3.8, 4) is 0 Å². The Labute approximate surface area is 144 Å². The molecule has 0 saturated heterocycles. The minimum atomic E-state index is -2.15. The topological polar surface area (TPSA) is 79.2 Å². The molecule has 0 bridgehead atoms. The van der Waals surface area contributed by atoms with Crippen molar-refractivity contribution in [2.75, 3.05) is 12.0 Å². The molecule has 0 radical (unpaired) electrons. The highest BCUT2D eigenvalue weighted by Gasteiger charge is 2.56. The first-order chi connectivity index (χ1) is 11.9. The largest absolute Gasteiger partial charge is 0.465 e. The Bertz CT molecular complexity index is 979. The van der Waals surface area contributed by atoms with E-state index >= 15 is 0 Å². The second-order valence-electron chi connectivity index (χ2n) is 6.30. The van der Waals surface area contributed by atoms with Crippen LogP contribution in [0.3, 0.4) is 0 Å². The second-order valence-corrected chi connectivity index (χ2v) is 6.30. The van der Waals surface area contributed by atoms with Gasteiger partial charge in [-0.3, -0.25) is 9.69 Å². The van der Waals surface area contributed by atoms with Gasteiger partial charge in [0.15, 0.2) is 5.84 Å². The van der Waals surface area contributed by atoms with Crippen LogP contribution in [0.4, 0.5) is 11.4 Å². The number of Topliss-reactive ketones (excluding diaryl/α,β-unsaturated/α-hetero) is 1. The van der Waals surface area contributed by atoms with E-state index in [1.807, 2.05) is 26.0 Å². The standard InChI is InChI=1S/C19H16N2O4/c1-10-5-7-15-12(8-10)16(22)17-20-14-6-4-11(2)9-13(14)19(24,21(15)17)18(23)25-3/h4-9,24H,1-3H3. The Balaban J connectivity index is 2.07. The first kappa shape index (κ1) is 15.5. The van der Waals surface area contributed by atoms with E-state index in [9.17, 15) is 14.7 Å². The number of aliphatic imine (C=N–C) groups is 1. The van der Waals surface area contributed by atoms with E-state index in [1.165, 1.54) is 12.0 Å². The Hall–Kier alpha value is -2.99. The van der Waals surface area contributed by atoms with Crippen LogP contribution in [0.2, 0.25) is 0 Å². The normalized spacial score (nSPS) is 20.6. The van der Waals surface area contributed by atoms with Gasteiger partial charge >= 0.3 is 5.97 Å². The number of ether oxygens (including phenoxy) is 1. The molecule has 0 saturated carbocycles. The fourth-order valence-corrected chi connectivity index (χ4v) is 3.40. The summed E-state index contributed by atoms with van der Waals surface area (Å²) in [5.41, 5.74) is 1.13. The van der Waals surface area contributed by atoms with E-state index in [-0.39, 0.29) is 11.6 Å². The van der Waals surface area contributed by atoms with Crippen LogP contribution in [0.5, 0.6) is 0 Å². The van der Waals surface area contributed by atoms with Gasteiger partial charge in [0.25, 0.3) is 5.72 Å². The summed E-state index contributed by atoms with van der Waals surface area (Å²) in [6.45, 7) is 3.72. The summed E-state index contributed by atoms with van der Waals surface area (Å²) < 4.78 is 4.87. The van der Waals surface area contributed by atoms with Gasteiger partial charge in [-0.15, -0.1) is 0 Å². The average Bonchev–Trinajstić information content (AvgIpc) is 2.87. The van der Waals surface area contributed by atoms with E-state index in [4.69, 9.17) is 4.74 Å². The third kappa shape index (κ3) is 1.91. The Morgan fingerprint density at radius 3 is 2.56 bits per heavy atom. The highest BCUT2D eigenvalue weighted by Crippen LogP contribution is 2.46. The van der Waals surface area contributed by atoms with Gasteiger partial charge in [0.2, 0.25) is 5.78 Å². The molecule has 1 N–H and O–H groups in total. The van der Waals surface area contributed by atoms with Gasteiger partial charge in [0.1, 0.15) is 0 Å². The van der Waals surface area contributed by atoms with E-state index in [2.05, 4.69) is 4.99 Å². The molecule has 0 fully saturated rings. The lowest BCUT2D eigenvalue weighted by molar-refractivity contribution is -0.162. The smallest absolute Gasteiger partial charge is 0.365 e. The van der Waals surface area contributed by atoms with Gasteiger partial charge in [-0.05, 0) is 38.1 Å². The van der Waals surface area contributed by atoms with Crippen LogP contribution in [-0.4, -0.2) is 29.8 Å². The average molecular weight is 336 g/mol. The predicted molar refractivity (Wildman–Crippen MR) is 92.2 cm³/mol. The van der Waals surface area contributed by atoms with E-state index in [1.54, 1.807) is 24.3 Å². The lowest BCUT2D eigenvalue weighted by Gasteiger charge is -2.39. The maximum Gasteiger partial charge on any atom is 0.365 e. The molecule has 2 aromatic rings. The molecule has 1 atom stereocenters. The van der Waals surface area contributed by atoms with Crippen molar-refractivity contribution in [2.45, 2.75) is 19.6 Å². The number of rotatable bonds is 1. The lowest BCUT2D eigenvalue weighted by atomic mass is 9.95. The number of anilines is 1. The monoisotopic (exact) mass is 336 g/mol. The molecule has 0 aliphatic carbocycles. The fourth-order valence-electron chi connectivity index (χ4n) is 3.40. The fraction of sp³-hybridized carbons (Fsp3) is 0.211. The maximum absolute atomic E-state index is 12.8. The maximum atomic E-state index is 12.8. The number of esters is 1. The Morgan fingerprint density at radius 2 is 1.84 bits per heavy atom. The van der Waals surface area contributed by atoms with Gasteiger partial charge in [-0.2, -0.15) is 0 Å². The zero-order valence-corrected chi connectivity index (χ0v) is 14.0. The van der Waals surface area contributed by atoms with E-state index in [0.29, 0.717) is 22.5 Å². The number of ketones is 1. The van der Waals surface area contributed by atoms with Crippen molar-refractivity contribution in [1.82, 2.24) is 0 Å². The number of carbonyl (C=O) groups excluding carboxylic acids is 2. The van der Waals surface area contributed by atoms with Crippen LogP contribution in [0, 0.1) is 13.8 Å². The summed E-state index contributed by atoms with van der Waals surface area (Å²) in [5, 5.41) is 11.4. The van der Waals surface area contributed by atoms with Crippen molar-refractivity contribution in [3.63, 3.8) is 0 Å². The first-order valence-corrected chi connectivity index (χ1v) is 7.84. The lowest BCUT2D eigenvalue weighted by Crippen LogP contribution is -2.56. The summed E-state index contributed by atoms with van der Waals surface area (Å²) in [4.78, 5) is 31.1. The molecule has 2 aromatic carbocycles. The number of hydrogen-bond acceptors (Lipinski definition) is 6. The third-order valence-electron chi connectivity index (χ3n) is 4.60. The number of hydrogen-bond donors (Lipinski definition) is 1. The van der Waals surface area contributed by atoms with Crippen molar-refractivity contribution >= 4 is 29.0 Å². The molecule has 6 heteroatoms. The van der Waals surface area contributed by atoms with Gasteiger partial charge in [0, 0.05) is 11.1 Å². The SMILES string of the molecule is COC(=O)C1(O)c2cc(C)ccc2N=C2C(=O)c3cc(C)ccc3N21. The Morgan fingerprint density at radius 1 is 1.16 bits per heavy atom. The van der Waals surface area contributed by atoms with Gasteiger partial charge in [-0.25, -0.2) is 9.79 Å². The minimum Gasteiger partial charge on any atom is -0.465 e. The summed E-state index contributed by atoms with van der Waals surface area (Å²) in [6, 6.07) is 10.4. The molecular weight excluding hydrogens is 320 g/mol. The van der Waals surface area contributed by atoms with Gasteiger partial charge in [0.05, 0.1) is 18.5 Å². The molecule has 126 valence electrons. The van der Waals surface area contributed by atoms with Crippen molar-refractivity contribution in [3.05, 3.63) is 58.7 Å². The minimum absolute atomic E-state index is 0.0184. The number of amidine groups is 1. The second kappa shape index (κ2) is 5.00. The van der Waals surface area contributed by atoms with E-state index in [0.717, 1.165) is 11.1 Å². The molecule has 0 amide bonds. The number of nitrogens with zero attached hydrogens (tertiary/aromatic N) is 2. The van der Waals surface area contributed by atoms with Crippen molar-refractivity contribution < 1.29 is 19.4 Å². The molecule has 2 aliphatic heterocycles. The molecule has 4 rings (SSSR count). The molecule has 6 nitrogen and oxygen atoms in total. The molecular formula is C19H16N2O4. The zero-order chi connectivity index (χ0) is 17.9. The molecule has 25 heavy (non-hydrogen) atoms. The third-order valence-corrected chi connectivity index (χ3v) is 4.60. The summed E-state index contributed by atoms with van der Waals surface area (Å²) >= 11 is 0. The quantitative estimate of drug-likeness (QED) is 0.809. The molecule has 2 aliphatic rings. The van der Waals surface area contributed by atoms with Crippen LogP contribution >= 0.6 is 0 Å². The molecule has 2 heterocycles. The van der Waals surface area contributed by atoms with Crippen LogP contribution in [0.25, 0.3) is 0 Å². The molecule has 1 unspecified atom stereocenters. The first-order valence-electron chi connectivity index (χ1n) is 7.84.